The maximum absolute atomic E-state index is 12.2. The summed E-state index contributed by atoms with van der Waals surface area (Å²) >= 11 is 1.51. The van der Waals surface area contributed by atoms with Gasteiger partial charge in [0.05, 0.1) is 28.2 Å². The van der Waals surface area contributed by atoms with Crippen molar-refractivity contribution in [3.8, 4) is 26.9 Å². The lowest BCUT2D eigenvalue weighted by molar-refractivity contribution is -0.274. The highest BCUT2D eigenvalue weighted by atomic mass is 32.1. The fourth-order valence-electron chi connectivity index (χ4n) is 2.58. The molecule has 0 fully saturated rings. The van der Waals surface area contributed by atoms with Crippen molar-refractivity contribution in [2.24, 2.45) is 5.10 Å². The molecule has 0 aliphatic carbocycles. The molecule has 0 unspecified atom stereocenters. The van der Waals surface area contributed by atoms with Crippen molar-refractivity contribution in [1.29, 1.82) is 0 Å². The van der Waals surface area contributed by atoms with Crippen LogP contribution >= 0.6 is 11.3 Å². The lowest BCUT2D eigenvalue weighted by Gasteiger charge is -2.08. The van der Waals surface area contributed by atoms with Crippen LogP contribution < -0.4 is 10.2 Å². The van der Waals surface area contributed by atoms with E-state index >= 15 is 0 Å². The van der Waals surface area contributed by atoms with E-state index in [0.29, 0.717) is 11.4 Å². The van der Waals surface area contributed by atoms with E-state index < -0.39 is 6.36 Å². The zero-order chi connectivity index (χ0) is 21.7. The molecule has 0 atom stereocenters. The first-order chi connectivity index (χ1) is 15.0. The number of pyridine rings is 2. The number of alkyl halides is 3. The Hall–Kier alpha value is -3.79. The Morgan fingerprint density at radius 3 is 2.58 bits per heavy atom. The normalized spacial score (nSPS) is 11.6. The maximum Gasteiger partial charge on any atom is 0.573 e. The first kappa shape index (κ1) is 20.5. The van der Waals surface area contributed by atoms with E-state index in [9.17, 15) is 13.2 Å². The number of hydrogen-bond donors (Lipinski definition) is 1. The van der Waals surface area contributed by atoms with Crippen molar-refractivity contribution < 1.29 is 17.9 Å². The summed E-state index contributed by atoms with van der Waals surface area (Å²) in [7, 11) is 0. The van der Waals surface area contributed by atoms with E-state index in [1.165, 1.54) is 41.8 Å². The van der Waals surface area contributed by atoms with Gasteiger partial charge in [-0.25, -0.2) is 9.97 Å². The second-order valence-electron chi connectivity index (χ2n) is 6.16. The summed E-state index contributed by atoms with van der Waals surface area (Å²) in [5.41, 5.74) is 5.55. The minimum atomic E-state index is -4.72. The van der Waals surface area contributed by atoms with Crippen molar-refractivity contribution in [2.45, 2.75) is 6.36 Å². The molecule has 0 aliphatic rings. The predicted molar refractivity (Wildman–Crippen MR) is 113 cm³/mol. The third-order valence-corrected chi connectivity index (χ3v) is 4.98. The molecule has 1 aromatic carbocycles. The average Bonchev–Trinajstić information content (AvgIpc) is 3.25. The lowest BCUT2D eigenvalue weighted by atomic mass is 10.3. The number of thiazole rings is 1. The standard InChI is InChI=1S/C21H14F3N5OS/c22-21(23,24)30-17-8-6-15(7-9-17)29-27-12-16-4-1-5-18(28-16)19-13-26-20(31-19)14-3-2-10-25-11-14/h1-13,29H/b27-12+. The van der Waals surface area contributed by atoms with E-state index in [0.717, 1.165) is 21.1 Å². The van der Waals surface area contributed by atoms with Crippen LogP contribution in [-0.2, 0) is 0 Å². The zero-order valence-electron chi connectivity index (χ0n) is 15.7. The molecule has 0 aliphatic heterocycles. The fraction of sp³-hybridized carbons (Fsp3) is 0.0476. The van der Waals surface area contributed by atoms with E-state index in [1.54, 1.807) is 24.7 Å². The number of nitrogens with one attached hydrogen (secondary N) is 1. The minimum absolute atomic E-state index is 0.299. The summed E-state index contributed by atoms with van der Waals surface area (Å²) in [5, 5.41) is 4.93. The molecule has 10 heteroatoms. The van der Waals surface area contributed by atoms with Gasteiger partial charge in [-0.05, 0) is 48.5 Å². The van der Waals surface area contributed by atoms with Gasteiger partial charge in [0.2, 0.25) is 0 Å². The summed E-state index contributed by atoms with van der Waals surface area (Å²) in [6, 6.07) is 14.6. The number of hydrazone groups is 1. The second kappa shape index (κ2) is 8.92. The molecule has 0 amide bonds. The largest absolute Gasteiger partial charge is 0.573 e. The maximum atomic E-state index is 12.2. The van der Waals surface area contributed by atoms with Crippen LogP contribution in [0.25, 0.3) is 21.1 Å². The molecular formula is C21H14F3N5OS. The van der Waals surface area contributed by atoms with Crippen LogP contribution in [0.4, 0.5) is 18.9 Å². The number of benzene rings is 1. The highest BCUT2D eigenvalue weighted by Gasteiger charge is 2.30. The summed E-state index contributed by atoms with van der Waals surface area (Å²) in [5.74, 6) is -0.299. The van der Waals surface area contributed by atoms with Gasteiger partial charge in [-0.1, -0.05) is 6.07 Å². The number of rotatable bonds is 6. The Balaban J connectivity index is 1.42. The fourth-order valence-corrected chi connectivity index (χ4v) is 3.46. The molecule has 1 N–H and O–H groups in total. The van der Waals surface area contributed by atoms with Crippen molar-refractivity contribution in [1.82, 2.24) is 15.0 Å². The van der Waals surface area contributed by atoms with Crippen LogP contribution in [0.3, 0.4) is 0 Å². The Labute approximate surface area is 179 Å². The SMILES string of the molecule is FC(F)(F)Oc1ccc(N/N=C/c2cccc(-c3cnc(-c4cccnc4)s3)n2)cc1. The van der Waals surface area contributed by atoms with Crippen molar-refractivity contribution >= 4 is 23.2 Å². The molecule has 4 aromatic rings. The molecular weight excluding hydrogens is 427 g/mol. The Bertz CT molecular complexity index is 1180. The molecule has 4 rings (SSSR count). The van der Waals surface area contributed by atoms with Gasteiger partial charge in [0, 0.05) is 24.2 Å². The van der Waals surface area contributed by atoms with Crippen LogP contribution in [-0.4, -0.2) is 27.5 Å². The van der Waals surface area contributed by atoms with Gasteiger partial charge in [-0.15, -0.1) is 24.5 Å². The van der Waals surface area contributed by atoms with Crippen molar-refractivity contribution in [2.75, 3.05) is 5.43 Å². The zero-order valence-corrected chi connectivity index (χ0v) is 16.6. The van der Waals surface area contributed by atoms with Gasteiger partial charge in [0.25, 0.3) is 0 Å². The van der Waals surface area contributed by atoms with Gasteiger partial charge in [-0.2, -0.15) is 5.10 Å². The smallest absolute Gasteiger partial charge is 0.406 e. The topological polar surface area (TPSA) is 72.3 Å². The molecule has 156 valence electrons. The van der Waals surface area contributed by atoms with Crippen LogP contribution in [0.5, 0.6) is 5.75 Å². The number of aromatic nitrogens is 3. The number of anilines is 1. The predicted octanol–water partition coefficient (Wildman–Crippen LogP) is 5.61. The summed E-state index contributed by atoms with van der Waals surface area (Å²) in [4.78, 5) is 14.0. The van der Waals surface area contributed by atoms with Crippen LogP contribution in [0.2, 0.25) is 0 Å². The molecule has 6 nitrogen and oxygen atoms in total. The number of halogens is 3. The summed E-state index contributed by atoms with van der Waals surface area (Å²) in [6.07, 6.45) is 2.03. The van der Waals surface area contributed by atoms with E-state index in [2.05, 4.69) is 30.2 Å². The lowest BCUT2D eigenvalue weighted by Crippen LogP contribution is -2.16. The molecule has 0 radical (unpaired) electrons. The number of hydrogen-bond acceptors (Lipinski definition) is 7. The molecule has 0 bridgehead atoms. The molecule has 0 saturated carbocycles. The average molecular weight is 441 g/mol. The summed E-state index contributed by atoms with van der Waals surface area (Å²) < 4.78 is 40.4. The number of nitrogens with zero attached hydrogens (tertiary/aromatic N) is 4. The van der Waals surface area contributed by atoms with E-state index in [1.807, 2.05) is 24.3 Å². The van der Waals surface area contributed by atoms with Gasteiger partial charge in [0.15, 0.2) is 0 Å². The Kier molecular flexibility index (Phi) is 5.89. The Morgan fingerprint density at radius 2 is 1.84 bits per heavy atom. The molecule has 3 heterocycles. The van der Waals surface area contributed by atoms with Crippen LogP contribution in [0.15, 0.2) is 78.3 Å². The molecule has 0 spiro atoms. The first-order valence-electron chi connectivity index (χ1n) is 8.95. The minimum Gasteiger partial charge on any atom is -0.406 e. The highest BCUT2D eigenvalue weighted by Crippen LogP contribution is 2.30. The molecule has 31 heavy (non-hydrogen) atoms. The van der Waals surface area contributed by atoms with Gasteiger partial charge in [-0.3, -0.25) is 10.4 Å². The third-order valence-electron chi connectivity index (χ3n) is 3.92. The molecule has 3 aromatic heterocycles. The van der Waals surface area contributed by atoms with Crippen molar-refractivity contribution in [3.63, 3.8) is 0 Å². The highest BCUT2D eigenvalue weighted by molar-refractivity contribution is 7.18. The second-order valence-corrected chi connectivity index (χ2v) is 7.19. The monoisotopic (exact) mass is 441 g/mol. The third kappa shape index (κ3) is 5.64. The quantitative estimate of drug-likeness (QED) is 0.311. The van der Waals surface area contributed by atoms with Crippen LogP contribution in [0.1, 0.15) is 5.69 Å². The van der Waals surface area contributed by atoms with Crippen molar-refractivity contribution in [3.05, 3.63) is 78.9 Å². The van der Waals surface area contributed by atoms with Gasteiger partial charge >= 0.3 is 6.36 Å². The first-order valence-corrected chi connectivity index (χ1v) is 9.76. The van der Waals surface area contributed by atoms with E-state index in [4.69, 9.17) is 0 Å². The van der Waals surface area contributed by atoms with Crippen LogP contribution in [0, 0.1) is 0 Å². The summed E-state index contributed by atoms with van der Waals surface area (Å²) in [6.45, 7) is 0. The van der Waals surface area contributed by atoms with Gasteiger partial charge < -0.3 is 4.74 Å². The molecule has 0 saturated heterocycles. The number of ether oxygens (including phenoxy) is 1. The van der Waals surface area contributed by atoms with Gasteiger partial charge in [0.1, 0.15) is 10.8 Å². The Morgan fingerprint density at radius 1 is 1.00 bits per heavy atom. The van der Waals surface area contributed by atoms with E-state index in [-0.39, 0.29) is 5.75 Å².